The first-order valence-corrected chi connectivity index (χ1v) is 14.1. The Balaban J connectivity index is 1.37. The van der Waals surface area contributed by atoms with Gasteiger partial charge in [0.2, 0.25) is 24.4 Å². The smallest absolute Gasteiger partial charge is 0.255 e. The van der Waals surface area contributed by atoms with Crippen molar-refractivity contribution >= 4 is 23.4 Å². The Labute approximate surface area is 257 Å². The number of nitrogens with one attached hydrogen (secondary N) is 3. The molecule has 3 amide bonds. The van der Waals surface area contributed by atoms with Gasteiger partial charge in [0.1, 0.15) is 60.2 Å². The van der Waals surface area contributed by atoms with Gasteiger partial charge >= 0.3 is 0 Å². The van der Waals surface area contributed by atoms with Crippen molar-refractivity contribution in [3.63, 3.8) is 0 Å². The van der Waals surface area contributed by atoms with Crippen molar-refractivity contribution in [1.82, 2.24) is 10.6 Å². The summed E-state index contributed by atoms with van der Waals surface area (Å²) in [5.74, 6) is -0.989. The number of hydrogen-bond donors (Lipinski definition) is 9. The molecule has 0 radical (unpaired) electrons. The minimum Gasteiger partial charge on any atom is -0.463 e. The SMILES string of the molecule is CC(=O)NC1C(Oc2ccc(NC(=O)c3ccc(OC4OC(CO)C(O)C(O)C4NC(C)=O)cc3)cc2)OC(CO)C(O)C1O. The Morgan fingerprint density at radius 1 is 0.667 bits per heavy atom. The second-order valence-electron chi connectivity index (χ2n) is 10.6. The molecule has 2 aromatic rings. The topological polar surface area (TPSA) is 246 Å². The molecule has 2 aromatic carbocycles. The van der Waals surface area contributed by atoms with Crippen LogP contribution < -0.4 is 25.4 Å². The largest absolute Gasteiger partial charge is 0.463 e. The molecule has 0 bridgehead atoms. The van der Waals surface area contributed by atoms with Crippen molar-refractivity contribution < 1.29 is 64.0 Å². The summed E-state index contributed by atoms with van der Waals surface area (Å²) in [5.41, 5.74) is 0.654. The third-order valence-electron chi connectivity index (χ3n) is 7.23. The Kier molecular flexibility index (Phi) is 11.3. The number of aliphatic hydroxyl groups is 6. The van der Waals surface area contributed by atoms with Crippen LogP contribution in [0.1, 0.15) is 24.2 Å². The highest BCUT2D eigenvalue weighted by Gasteiger charge is 2.47. The van der Waals surface area contributed by atoms with Crippen LogP contribution in [0, 0.1) is 0 Å². The van der Waals surface area contributed by atoms with Gasteiger partial charge in [-0.05, 0) is 48.5 Å². The fraction of sp³-hybridized carbons (Fsp3) is 0.483. The second kappa shape index (κ2) is 14.9. The minimum absolute atomic E-state index is 0.220. The van der Waals surface area contributed by atoms with E-state index in [9.17, 15) is 45.0 Å². The van der Waals surface area contributed by atoms with Gasteiger partial charge in [0.05, 0.1) is 13.2 Å². The van der Waals surface area contributed by atoms with Crippen LogP contribution in [0.4, 0.5) is 5.69 Å². The quantitative estimate of drug-likeness (QED) is 0.132. The molecule has 45 heavy (non-hydrogen) atoms. The molecule has 0 aliphatic carbocycles. The van der Waals surface area contributed by atoms with Gasteiger partial charge < -0.3 is 65.5 Å². The number of ether oxygens (including phenoxy) is 4. The lowest BCUT2D eigenvalue weighted by Crippen LogP contribution is -2.65. The monoisotopic (exact) mass is 635 g/mol. The van der Waals surface area contributed by atoms with Crippen molar-refractivity contribution in [2.24, 2.45) is 0 Å². The zero-order chi connectivity index (χ0) is 32.8. The van der Waals surface area contributed by atoms with E-state index in [0.29, 0.717) is 5.69 Å². The summed E-state index contributed by atoms with van der Waals surface area (Å²) >= 11 is 0. The summed E-state index contributed by atoms with van der Waals surface area (Å²) in [6.07, 6.45) is -10.6. The molecule has 10 atom stereocenters. The van der Waals surface area contributed by atoms with E-state index in [4.69, 9.17) is 18.9 Å². The molecule has 2 aliphatic rings. The van der Waals surface area contributed by atoms with Gasteiger partial charge in [-0.15, -0.1) is 0 Å². The van der Waals surface area contributed by atoms with Gasteiger partial charge in [-0.25, -0.2) is 0 Å². The Morgan fingerprint density at radius 3 is 1.44 bits per heavy atom. The minimum atomic E-state index is -1.47. The number of benzene rings is 2. The van der Waals surface area contributed by atoms with Crippen molar-refractivity contribution in [2.75, 3.05) is 18.5 Å². The number of hydrogen-bond acceptors (Lipinski definition) is 13. The van der Waals surface area contributed by atoms with Crippen LogP contribution in [0.15, 0.2) is 48.5 Å². The van der Waals surface area contributed by atoms with Crippen LogP contribution in [-0.2, 0) is 19.1 Å². The van der Waals surface area contributed by atoms with Gasteiger partial charge in [0.15, 0.2) is 0 Å². The molecule has 2 fully saturated rings. The molecule has 0 spiro atoms. The molecule has 0 saturated carbocycles. The molecule has 2 saturated heterocycles. The van der Waals surface area contributed by atoms with E-state index in [2.05, 4.69) is 16.0 Å². The first-order valence-electron chi connectivity index (χ1n) is 14.1. The standard InChI is InChI=1S/C29H37N3O13/c1-13(35)30-21-25(39)23(37)19(11-33)44-28(21)42-17-7-3-15(4-8-17)27(41)32-16-5-9-18(10-6-16)43-29-22(31-14(2)36)26(40)24(38)20(12-34)45-29/h3-10,19-26,28-29,33-34,37-40H,11-12H2,1-2H3,(H,30,35)(H,31,36)(H,32,41). The van der Waals surface area contributed by atoms with Crippen LogP contribution in [-0.4, -0.2) is 123 Å². The Hall–Kier alpha value is -3.87. The second-order valence-corrected chi connectivity index (χ2v) is 10.6. The molecule has 0 aromatic heterocycles. The summed E-state index contributed by atoms with van der Waals surface area (Å²) < 4.78 is 22.6. The number of carbonyl (C=O) groups excluding carboxylic acids is 3. The first-order chi connectivity index (χ1) is 21.4. The fourth-order valence-electron chi connectivity index (χ4n) is 4.92. The number of anilines is 1. The maximum atomic E-state index is 12.9. The molecule has 10 unspecified atom stereocenters. The van der Waals surface area contributed by atoms with Crippen LogP contribution >= 0.6 is 0 Å². The van der Waals surface area contributed by atoms with E-state index in [1.807, 2.05) is 0 Å². The van der Waals surface area contributed by atoms with Crippen LogP contribution in [0.25, 0.3) is 0 Å². The molecular weight excluding hydrogens is 598 g/mol. The molecule has 2 heterocycles. The van der Waals surface area contributed by atoms with E-state index in [0.717, 1.165) is 0 Å². The van der Waals surface area contributed by atoms with Crippen LogP contribution in [0.2, 0.25) is 0 Å². The lowest BCUT2D eigenvalue weighted by Gasteiger charge is -2.42. The predicted octanol–water partition coefficient (Wildman–Crippen LogP) is -2.42. The molecule has 16 nitrogen and oxygen atoms in total. The van der Waals surface area contributed by atoms with Gasteiger partial charge in [-0.1, -0.05) is 0 Å². The van der Waals surface area contributed by atoms with Gasteiger partial charge in [-0.2, -0.15) is 0 Å². The number of aliphatic hydroxyl groups excluding tert-OH is 6. The zero-order valence-electron chi connectivity index (χ0n) is 24.3. The number of amides is 3. The highest BCUT2D eigenvalue weighted by atomic mass is 16.7. The molecule has 2 aliphatic heterocycles. The summed E-state index contributed by atoms with van der Waals surface area (Å²) in [6.45, 7) is 1.26. The first kappa shape index (κ1) is 34.0. The Bertz CT molecular complexity index is 1310. The lowest BCUT2D eigenvalue weighted by atomic mass is 9.97. The van der Waals surface area contributed by atoms with Gasteiger partial charge in [0.25, 0.3) is 5.91 Å². The van der Waals surface area contributed by atoms with E-state index in [-0.39, 0.29) is 17.1 Å². The summed E-state index contributed by atoms with van der Waals surface area (Å²) in [7, 11) is 0. The molecule has 246 valence electrons. The number of rotatable bonds is 10. The Morgan fingerprint density at radius 2 is 1.07 bits per heavy atom. The molecule has 9 N–H and O–H groups in total. The lowest BCUT2D eigenvalue weighted by molar-refractivity contribution is -0.244. The summed E-state index contributed by atoms with van der Waals surface area (Å²) in [6, 6.07) is 9.69. The van der Waals surface area contributed by atoms with E-state index < -0.39 is 92.2 Å². The summed E-state index contributed by atoms with van der Waals surface area (Å²) in [5, 5.41) is 67.8. The van der Waals surface area contributed by atoms with Gasteiger partial charge in [-0.3, -0.25) is 14.4 Å². The third-order valence-corrected chi connectivity index (χ3v) is 7.23. The van der Waals surface area contributed by atoms with Crippen molar-refractivity contribution in [1.29, 1.82) is 0 Å². The average molecular weight is 636 g/mol. The molecule has 4 rings (SSSR count). The molecular formula is C29H37N3O13. The van der Waals surface area contributed by atoms with Crippen molar-refractivity contribution in [3.05, 3.63) is 54.1 Å². The maximum absolute atomic E-state index is 12.9. The third kappa shape index (κ3) is 8.24. The molecule has 16 heteroatoms. The van der Waals surface area contributed by atoms with E-state index in [1.165, 1.54) is 62.4 Å². The van der Waals surface area contributed by atoms with E-state index >= 15 is 0 Å². The predicted molar refractivity (Wildman–Crippen MR) is 153 cm³/mol. The van der Waals surface area contributed by atoms with E-state index in [1.54, 1.807) is 0 Å². The summed E-state index contributed by atoms with van der Waals surface area (Å²) in [4.78, 5) is 36.1. The fourth-order valence-corrected chi connectivity index (χ4v) is 4.92. The van der Waals surface area contributed by atoms with Crippen LogP contribution in [0.5, 0.6) is 11.5 Å². The van der Waals surface area contributed by atoms with Crippen molar-refractivity contribution in [2.45, 2.75) is 75.1 Å². The highest BCUT2D eigenvalue weighted by Crippen LogP contribution is 2.27. The normalized spacial score (nSPS) is 31.4. The number of carbonyl (C=O) groups is 3. The zero-order valence-corrected chi connectivity index (χ0v) is 24.3. The van der Waals surface area contributed by atoms with Crippen molar-refractivity contribution in [3.8, 4) is 11.5 Å². The highest BCUT2D eigenvalue weighted by molar-refractivity contribution is 6.04. The van der Waals surface area contributed by atoms with Crippen LogP contribution in [0.3, 0.4) is 0 Å². The average Bonchev–Trinajstić information content (AvgIpc) is 3.01. The van der Waals surface area contributed by atoms with Gasteiger partial charge in [0, 0.05) is 25.1 Å². The maximum Gasteiger partial charge on any atom is 0.255 e.